The number of carbonyl (C=O) groups excluding carboxylic acids is 2. The number of Topliss-reactive ketones (excluding diaryl/α,β-unsaturated/α-hetero) is 1. The summed E-state index contributed by atoms with van der Waals surface area (Å²) in [6.45, 7) is 0.308. The third-order valence-electron chi connectivity index (χ3n) is 6.63. The molecule has 1 unspecified atom stereocenters. The van der Waals surface area contributed by atoms with E-state index in [1.165, 1.54) is 0 Å². The number of aliphatic hydroxyl groups excluding tert-OH is 1. The monoisotopic (exact) mass is 482 g/mol. The van der Waals surface area contributed by atoms with Crippen molar-refractivity contribution in [1.82, 2.24) is 9.88 Å². The van der Waals surface area contributed by atoms with Gasteiger partial charge < -0.3 is 24.5 Å². The van der Waals surface area contributed by atoms with Crippen molar-refractivity contribution in [3.05, 3.63) is 101 Å². The topological polar surface area (TPSA) is 91.9 Å². The number of rotatable bonds is 7. The molecule has 36 heavy (non-hydrogen) atoms. The Bertz CT molecular complexity index is 1450. The molecular weight excluding hydrogens is 456 g/mol. The Hall–Kier alpha value is -4.52. The number of fused-ring (bicyclic) bond motifs is 1. The van der Waals surface area contributed by atoms with Gasteiger partial charge in [0.25, 0.3) is 11.7 Å². The number of H-pyrrole nitrogens is 1. The number of carbonyl (C=O) groups is 2. The van der Waals surface area contributed by atoms with Crippen LogP contribution < -0.4 is 9.47 Å². The van der Waals surface area contributed by atoms with Gasteiger partial charge in [0.15, 0.2) is 0 Å². The number of nitrogens with zero attached hydrogens (tertiary/aromatic N) is 1. The maximum Gasteiger partial charge on any atom is 0.295 e. The Balaban J connectivity index is 1.55. The number of aromatic nitrogens is 1. The summed E-state index contributed by atoms with van der Waals surface area (Å²) in [6, 6.07) is 21.1. The van der Waals surface area contributed by atoms with Crippen LogP contribution in [0.5, 0.6) is 11.5 Å². The quantitative estimate of drug-likeness (QED) is 0.223. The van der Waals surface area contributed by atoms with Crippen LogP contribution in [0.2, 0.25) is 0 Å². The molecule has 1 aliphatic rings. The number of aromatic amines is 1. The zero-order valence-corrected chi connectivity index (χ0v) is 20.0. The van der Waals surface area contributed by atoms with E-state index in [-0.39, 0.29) is 11.3 Å². The summed E-state index contributed by atoms with van der Waals surface area (Å²) in [4.78, 5) is 31.3. The molecular formula is C29H26N2O5. The van der Waals surface area contributed by atoms with Crippen LogP contribution in [-0.2, 0) is 16.0 Å². The minimum Gasteiger partial charge on any atom is -0.507 e. The van der Waals surface area contributed by atoms with Crippen LogP contribution in [0.4, 0.5) is 0 Å². The number of benzene rings is 3. The molecule has 0 aliphatic carbocycles. The average molecular weight is 483 g/mol. The van der Waals surface area contributed by atoms with Gasteiger partial charge in [0.1, 0.15) is 17.3 Å². The van der Waals surface area contributed by atoms with E-state index < -0.39 is 17.7 Å². The molecule has 2 heterocycles. The first kappa shape index (κ1) is 23.2. The van der Waals surface area contributed by atoms with Crippen molar-refractivity contribution in [2.45, 2.75) is 12.5 Å². The van der Waals surface area contributed by atoms with E-state index in [0.29, 0.717) is 35.6 Å². The molecule has 5 rings (SSSR count). The maximum atomic E-state index is 13.3. The smallest absolute Gasteiger partial charge is 0.295 e. The molecule has 182 valence electrons. The predicted molar refractivity (Wildman–Crippen MR) is 137 cm³/mol. The molecule has 4 aromatic rings. The second-order valence-electron chi connectivity index (χ2n) is 8.60. The van der Waals surface area contributed by atoms with Crippen molar-refractivity contribution < 1.29 is 24.2 Å². The first-order valence-electron chi connectivity index (χ1n) is 11.6. The summed E-state index contributed by atoms with van der Waals surface area (Å²) in [6.07, 6.45) is 2.48. The van der Waals surface area contributed by atoms with Gasteiger partial charge in [0, 0.05) is 29.2 Å². The number of para-hydroxylation sites is 1. The van der Waals surface area contributed by atoms with Gasteiger partial charge in [-0.3, -0.25) is 9.59 Å². The van der Waals surface area contributed by atoms with E-state index in [1.54, 1.807) is 55.5 Å². The molecule has 0 bridgehead atoms. The lowest BCUT2D eigenvalue weighted by molar-refractivity contribution is -0.139. The molecule has 1 aromatic heterocycles. The molecule has 0 spiro atoms. The molecule has 1 saturated heterocycles. The zero-order chi connectivity index (χ0) is 25.2. The second kappa shape index (κ2) is 9.62. The lowest BCUT2D eigenvalue weighted by Crippen LogP contribution is -2.31. The highest BCUT2D eigenvalue weighted by Crippen LogP contribution is 2.40. The number of hydrogen-bond acceptors (Lipinski definition) is 5. The van der Waals surface area contributed by atoms with Gasteiger partial charge in [0.05, 0.1) is 25.8 Å². The van der Waals surface area contributed by atoms with E-state index in [1.807, 2.05) is 42.6 Å². The first-order valence-corrected chi connectivity index (χ1v) is 11.6. The largest absolute Gasteiger partial charge is 0.507 e. The number of likely N-dealkylation sites (tertiary alicyclic amines) is 1. The lowest BCUT2D eigenvalue weighted by atomic mass is 9.95. The molecule has 7 nitrogen and oxygen atoms in total. The fourth-order valence-corrected chi connectivity index (χ4v) is 4.73. The minimum absolute atomic E-state index is 0.0641. The van der Waals surface area contributed by atoms with Gasteiger partial charge in [-0.15, -0.1) is 0 Å². The van der Waals surface area contributed by atoms with Crippen LogP contribution in [0.3, 0.4) is 0 Å². The van der Waals surface area contributed by atoms with Crippen molar-refractivity contribution in [3.63, 3.8) is 0 Å². The van der Waals surface area contributed by atoms with Crippen molar-refractivity contribution in [2.75, 3.05) is 20.8 Å². The van der Waals surface area contributed by atoms with Gasteiger partial charge in [-0.05, 0) is 60.0 Å². The molecule has 2 N–H and O–H groups in total. The van der Waals surface area contributed by atoms with Crippen molar-refractivity contribution in [1.29, 1.82) is 0 Å². The number of nitrogens with one attached hydrogen (secondary N) is 1. The SMILES string of the molecule is COc1ccc(/C(O)=C2\C(=O)C(=O)N(CCc3c[nH]c4ccccc34)C2c2ccc(OC)cc2)cc1. The van der Waals surface area contributed by atoms with Crippen molar-refractivity contribution >= 4 is 28.4 Å². The van der Waals surface area contributed by atoms with Gasteiger partial charge in [-0.2, -0.15) is 0 Å². The van der Waals surface area contributed by atoms with Crippen LogP contribution in [0.1, 0.15) is 22.7 Å². The Kier molecular flexibility index (Phi) is 6.21. The van der Waals surface area contributed by atoms with Gasteiger partial charge >= 0.3 is 0 Å². The summed E-state index contributed by atoms with van der Waals surface area (Å²) in [5.74, 6) is -0.276. The lowest BCUT2D eigenvalue weighted by Gasteiger charge is -2.25. The zero-order valence-electron chi connectivity index (χ0n) is 20.0. The van der Waals surface area contributed by atoms with Gasteiger partial charge in [-0.1, -0.05) is 30.3 Å². The third-order valence-corrected chi connectivity index (χ3v) is 6.63. The number of hydrogen-bond donors (Lipinski definition) is 2. The Labute approximate surface area is 208 Å². The van der Waals surface area contributed by atoms with E-state index in [4.69, 9.17) is 9.47 Å². The average Bonchev–Trinajstić information content (AvgIpc) is 3.45. The molecule has 1 fully saturated rings. The van der Waals surface area contributed by atoms with E-state index in [9.17, 15) is 14.7 Å². The molecule has 7 heteroatoms. The Morgan fingerprint density at radius 1 is 0.917 bits per heavy atom. The highest BCUT2D eigenvalue weighted by Gasteiger charge is 2.45. The van der Waals surface area contributed by atoms with Crippen molar-refractivity contribution in [2.24, 2.45) is 0 Å². The fourth-order valence-electron chi connectivity index (χ4n) is 4.73. The van der Waals surface area contributed by atoms with Crippen molar-refractivity contribution in [3.8, 4) is 11.5 Å². The van der Waals surface area contributed by atoms with Crippen LogP contribution in [-0.4, -0.2) is 47.4 Å². The summed E-state index contributed by atoms with van der Waals surface area (Å²) in [5.41, 5.74) is 3.28. The summed E-state index contributed by atoms with van der Waals surface area (Å²) in [7, 11) is 3.13. The summed E-state index contributed by atoms with van der Waals surface area (Å²) in [5, 5.41) is 12.3. The van der Waals surface area contributed by atoms with E-state index >= 15 is 0 Å². The first-order chi connectivity index (χ1) is 17.5. The fraction of sp³-hybridized carbons (Fsp3) is 0.172. The molecule has 1 amide bonds. The number of ether oxygens (including phenoxy) is 2. The summed E-state index contributed by atoms with van der Waals surface area (Å²) < 4.78 is 10.5. The summed E-state index contributed by atoms with van der Waals surface area (Å²) >= 11 is 0. The predicted octanol–water partition coefficient (Wildman–Crippen LogP) is 4.85. The van der Waals surface area contributed by atoms with Crippen LogP contribution in [0.15, 0.2) is 84.6 Å². The highest BCUT2D eigenvalue weighted by atomic mass is 16.5. The number of ketones is 1. The maximum absolute atomic E-state index is 13.3. The molecule has 1 aliphatic heterocycles. The third kappa shape index (κ3) is 4.09. The molecule has 1 atom stereocenters. The van der Waals surface area contributed by atoms with E-state index in [0.717, 1.165) is 16.5 Å². The number of methoxy groups -OCH3 is 2. The van der Waals surface area contributed by atoms with Crippen LogP contribution in [0.25, 0.3) is 16.7 Å². The molecule has 3 aromatic carbocycles. The Morgan fingerprint density at radius 3 is 2.22 bits per heavy atom. The van der Waals surface area contributed by atoms with Crippen LogP contribution in [0, 0.1) is 0 Å². The standard InChI is InChI=1S/C29H26N2O5/c1-35-21-11-7-18(8-12-21)26-25(27(32)19-9-13-22(36-2)14-10-19)28(33)29(34)31(26)16-15-20-17-30-24-6-4-3-5-23(20)24/h3-14,17,26,30,32H,15-16H2,1-2H3/b27-25+. The normalized spacial score (nSPS) is 17.1. The van der Waals surface area contributed by atoms with E-state index in [2.05, 4.69) is 4.98 Å². The second-order valence-corrected chi connectivity index (χ2v) is 8.60. The molecule has 0 saturated carbocycles. The minimum atomic E-state index is -0.733. The van der Waals surface area contributed by atoms with Gasteiger partial charge in [0.2, 0.25) is 0 Å². The molecule has 0 radical (unpaired) electrons. The highest BCUT2D eigenvalue weighted by molar-refractivity contribution is 6.46. The number of amides is 1. The van der Waals surface area contributed by atoms with Crippen LogP contribution >= 0.6 is 0 Å². The Morgan fingerprint density at radius 2 is 1.56 bits per heavy atom. The van der Waals surface area contributed by atoms with Gasteiger partial charge in [-0.25, -0.2) is 0 Å². The number of aliphatic hydroxyl groups is 1.